The predicted octanol–water partition coefficient (Wildman–Crippen LogP) is 4.40. The zero-order valence-corrected chi connectivity index (χ0v) is 38.0. The highest BCUT2D eigenvalue weighted by Gasteiger charge is 2.64. The van der Waals surface area contributed by atoms with Crippen molar-refractivity contribution in [2.45, 2.75) is 71.6 Å². The molecule has 1 aromatic heterocycles. The Morgan fingerprint density at radius 1 is 0.877 bits per heavy atom. The second-order valence-electron chi connectivity index (χ2n) is 19.5. The number of aromatic nitrogens is 3. The number of carbonyl (C=O) groups is 4. The van der Waals surface area contributed by atoms with Gasteiger partial charge in [-0.15, -0.1) is 5.10 Å². The van der Waals surface area contributed by atoms with Gasteiger partial charge in [0.1, 0.15) is 29.5 Å². The van der Waals surface area contributed by atoms with Crippen molar-refractivity contribution >= 4 is 57.5 Å². The number of halogens is 1. The van der Waals surface area contributed by atoms with E-state index in [-0.39, 0.29) is 59.5 Å². The van der Waals surface area contributed by atoms with Gasteiger partial charge in [0, 0.05) is 105 Å². The van der Waals surface area contributed by atoms with E-state index in [4.69, 9.17) is 16.3 Å². The lowest BCUT2D eigenvalue weighted by molar-refractivity contribution is -0.164. The van der Waals surface area contributed by atoms with Crippen LogP contribution in [-0.2, 0) is 14.4 Å². The molecule has 0 radical (unpaired) electrons. The summed E-state index contributed by atoms with van der Waals surface area (Å²) in [6, 6.07) is 19.4. The van der Waals surface area contributed by atoms with Crippen molar-refractivity contribution in [3.05, 3.63) is 87.2 Å². The largest absolute Gasteiger partial charge is 0.489 e. The fourth-order valence-corrected chi connectivity index (χ4v) is 11.2. The van der Waals surface area contributed by atoms with Gasteiger partial charge in [-0.2, -0.15) is 9.94 Å². The van der Waals surface area contributed by atoms with Crippen molar-refractivity contribution in [1.29, 1.82) is 5.26 Å². The predicted molar refractivity (Wildman–Crippen MR) is 245 cm³/mol. The Balaban J connectivity index is 0.702. The summed E-state index contributed by atoms with van der Waals surface area (Å²) in [7, 11) is 0. The Kier molecular flexibility index (Phi) is 11.8. The molecule has 4 aromatic rings. The van der Waals surface area contributed by atoms with Crippen LogP contribution in [0.2, 0.25) is 5.02 Å². The van der Waals surface area contributed by atoms with E-state index in [0.29, 0.717) is 51.8 Å². The number of likely N-dealkylation sites (tertiary alicyclic amines) is 1. The van der Waals surface area contributed by atoms with Gasteiger partial charge >= 0.3 is 0 Å². The molecule has 4 amide bonds. The minimum absolute atomic E-state index is 0.104. The number of carbonyl (C=O) groups excluding carboxylic acids is 4. The van der Waals surface area contributed by atoms with Crippen LogP contribution in [0.4, 0.5) is 11.4 Å². The Bertz CT molecular complexity index is 2610. The molecule has 0 bridgehead atoms. The van der Waals surface area contributed by atoms with E-state index in [1.807, 2.05) is 35.2 Å². The molecule has 3 aromatic carbocycles. The molecule has 1 saturated carbocycles. The molecule has 9 rings (SSSR count). The van der Waals surface area contributed by atoms with Gasteiger partial charge in [0.2, 0.25) is 11.8 Å². The molecule has 16 nitrogen and oxygen atoms in total. The molecule has 2 N–H and O–H groups in total. The van der Waals surface area contributed by atoms with Crippen molar-refractivity contribution in [3.8, 4) is 11.8 Å². The summed E-state index contributed by atoms with van der Waals surface area (Å²) in [6.07, 6.45) is 2.09. The van der Waals surface area contributed by atoms with E-state index in [1.165, 1.54) is 0 Å². The number of imide groups is 1. The highest BCUT2D eigenvalue weighted by molar-refractivity contribution is 6.31. The lowest BCUT2D eigenvalue weighted by Crippen LogP contribution is -2.74. The lowest BCUT2D eigenvalue weighted by atomic mass is 9.49. The van der Waals surface area contributed by atoms with Gasteiger partial charge in [0.05, 0.1) is 21.9 Å². The van der Waals surface area contributed by atoms with E-state index in [0.717, 1.165) is 74.7 Å². The molecule has 5 aliphatic rings. The van der Waals surface area contributed by atoms with E-state index in [1.54, 1.807) is 30.3 Å². The van der Waals surface area contributed by atoms with Crippen molar-refractivity contribution in [3.63, 3.8) is 0 Å². The first kappa shape index (κ1) is 44.2. The normalized spacial score (nSPS) is 23.6. The maximum atomic E-state index is 13.5. The average Bonchev–Trinajstić information content (AvgIpc) is 3.28. The standard InChI is InChI=1S/C48H55ClN10O6/c1-47(2)45(48(3,4)46(47)65-35-11-7-31(25-50)37(49)24-35)52-41(61)30-5-8-33(9-6-30)56-21-19-55(20-22-56)26-29-15-17-57(18-16-29)43(63)32-27-58(28-32)34-10-12-38-36(23-34)44(64)59(54-53-38)39-13-14-40(60)51-42(39)62/h5-12,23-24,29,32,39,45-46H,13-22,26-28H2,1-4H3,(H,52,61)(H,51,60,62). The van der Waals surface area contributed by atoms with Gasteiger partial charge in [-0.05, 0) is 79.8 Å². The summed E-state index contributed by atoms with van der Waals surface area (Å²) in [5.74, 6) is 0.175. The van der Waals surface area contributed by atoms with Crippen molar-refractivity contribution < 1.29 is 23.9 Å². The molecule has 65 heavy (non-hydrogen) atoms. The van der Waals surface area contributed by atoms with E-state index < -0.39 is 17.5 Å². The van der Waals surface area contributed by atoms with Crippen LogP contribution in [-0.4, -0.2) is 119 Å². The lowest BCUT2D eigenvalue weighted by Gasteiger charge is -2.63. The first-order valence-electron chi connectivity index (χ1n) is 22.6. The third-order valence-corrected chi connectivity index (χ3v) is 14.8. The van der Waals surface area contributed by atoms with E-state index >= 15 is 0 Å². The van der Waals surface area contributed by atoms with Gasteiger partial charge < -0.3 is 24.8 Å². The SMILES string of the molecule is CC1(C)C(NC(=O)c2ccc(N3CCN(CC4CCN(C(=O)C5CN(c6ccc7nnn(C8CCC(=O)NC8=O)c(=O)c7c6)C5)CC4)CC3)cc2)C(C)(C)C1Oc1ccc(C#N)c(Cl)c1. The number of amides is 4. The molecule has 4 saturated heterocycles. The maximum Gasteiger partial charge on any atom is 0.278 e. The number of rotatable bonds is 10. The first-order valence-corrected chi connectivity index (χ1v) is 23.0. The fraction of sp³-hybridized carbons (Fsp3) is 0.500. The summed E-state index contributed by atoms with van der Waals surface area (Å²) in [4.78, 5) is 73.5. The third-order valence-electron chi connectivity index (χ3n) is 14.5. The second kappa shape index (κ2) is 17.4. The van der Waals surface area contributed by atoms with Gasteiger partial charge in [0.15, 0.2) is 0 Å². The molecule has 17 heteroatoms. The number of piperazine rings is 1. The molecular formula is C48H55ClN10O6. The average molecular weight is 903 g/mol. The number of hydrogen-bond acceptors (Lipinski definition) is 12. The van der Waals surface area contributed by atoms with Crippen LogP contribution in [0.15, 0.2) is 65.5 Å². The zero-order valence-electron chi connectivity index (χ0n) is 37.3. The summed E-state index contributed by atoms with van der Waals surface area (Å²) in [6.45, 7) is 15.8. The minimum Gasteiger partial charge on any atom is -0.489 e. The minimum atomic E-state index is -0.887. The molecule has 4 aliphatic heterocycles. The van der Waals surface area contributed by atoms with E-state index in [2.05, 4.69) is 69.4 Å². The molecule has 1 aliphatic carbocycles. The van der Waals surface area contributed by atoms with Crippen molar-refractivity contribution in [2.75, 3.05) is 68.7 Å². The number of anilines is 2. The number of hydrogen-bond donors (Lipinski definition) is 2. The number of fused-ring (bicyclic) bond motifs is 1. The van der Waals surface area contributed by atoms with Gasteiger partial charge in [-0.25, -0.2) is 0 Å². The van der Waals surface area contributed by atoms with Crippen LogP contribution >= 0.6 is 11.6 Å². The molecular weight excluding hydrogens is 848 g/mol. The Morgan fingerprint density at radius 3 is 2.23 bits per heavy atom. The van der Waals surface area contributed by atoms with Gasteiger partial charge in [-0.1, -0.05) is 44.5 Å². The highest BCUT2D eigenvalue weighted by Crippen LogP contribution is 2.55. The molecule has 1 atom stereocenters. The number of nitrogens with one attached hydrogen (secondary N) is 2. The van der Waals surface area contributed by atoms with Crippen LogP contribution in [0, 0.1) is 34.0 Å². The van der Waals surface area contributed by atoms with Crippen LogP contribution in [0.25, 0.3) is 10.9 Å². The first-order chi connectivity index (χ1) is 31.1. The topological polar surface area (TPSA) is 186 Å². The fourth-order valence-electron chi connectivity index (χ4n) is 11.0. The van der Waals surface area contributed by atoms with Gasteiger partial charge in [0.25, 0.3) is 17.4 Å². The third kappa shape index (κ3) is 8.52. The Labute approximate surface area is 382 Å². The number of benzene rings is 3. The molecule has 0 spiro atoms. The maximum absolute atomic E-state index is 13.5. The van der Waals surface area contributed by atoms with E-state index in [9.17, 15) is 29.2 Å². The van der Waals surface area contributed by atoms with Crippen LogP contribution in [0.3, 0.4) is 0 Å². The number of nitrogens with zero attached hydrogens (tertiary/aromatic N) is 8. The Hall–Kier alpha value is -6.05. The van der Waals surface area contributed by atoms with Gasteiger partial charge in [-0.3, -0.25) is 34.2 Å². The highest BCUT2D eigenvalue weighted by atomic mass is 35.5. The number of nitriles is 1. The molecule has 5 heterocycles. The van der Waals surface area contributed by atoms with Crippen molar-refractivity contribution in [2.24, 2.45) is 22.7 Å². The van der Waals surface area contributed by atoms with Crippen LogP contribution in [0.5, 0.6) is 5.75 Å². The summed E-state index contributed by atoms with van der Waals surface area (Å²) >= 11 is 6.26. The molecule has 5 fully saturated rings. The Morgan fingerprint density at radius 2 is 1.57 bits per heavy atom. The van der Waals surface area contributed by atoms with Crippen molar-refractivity contribution in [1.82, 2.24) is 35.4 Å². The molecule has 340 valence electrons. The summed E-state index contributed by atoms with van der Waals surface area (Å²) in [5, 5.41) is 23.6. The zero-order chi connectivity index (χ0) is 45.8. The second-order valence-corrected chi connectivity index (χ2v) is 19.9. The monoisotopic (exact) mass is 902 g/mol. The number of piperidine rings is 2. The number of ether oxygens (including phenoxy) is 1. The summed E-state index contributed by atoms with van der Waals surface area (Å²) in [5.41, 5.74) is 2.20. The summed E-state index contributed by atoms with van der Waals surface area (Å²) < 4.78 is 7.45. The smallest absolute Gasteiger partial charge is 0.278 e. The quantitative estimate of drug-likeness (QED) is 0.214. The van der Waals surface area contributed by atoms with Crippen LogP contribution in [0.1, 0.15) is 75.3 Å². The molecule has 1 unspecified atom stereocenters. The van der Waals surface area contributed by atoms with Crippen LogP contribution < -0.4 is 30.7 Å².